The molecule has 1 aromatic heterocycles. The maximum atomic E-state index is 13.4. The highest BCUT2D eigenvalue weighted by atomic mass is 19.2. The van der Waals surface area contributed by atoms with Gasteiger partial charge in [0.2, 0.25) is 0 Å². The lowest BCUT2D eigenvalue weighted by Gasteiger charge is -2.40. The van der Waals surface area contributed by atoms with Crippen LogP contribution in [0, 0.1) is 41.6 Å². The fourth-order valence-electron chi connectivity index (χ4n) is 5.00. The Bertz CT molecular complexity index is 1300. The molecule has 0 unspecified atom stereocenters. The fourth-order valence-corrected chi connectivity index (χ4v) is 5.00. The highest BCUT2D eigenvalue weighted by molar-refractivity contribution is 5.84. The number of halogens is 3. The van der Waals surface area contributed by atoms with Gasteiger partial charge in [0.15, 0.2) is 17.5 Å². The molecule has 2 heterocycles. The zero-order chi connectivity index (χ0) is 26.6. The second-order valence-electron chi connectivity index (χ2n) is 9.78. The molecular weight excluding hydrogens is 481 g/mol. The summed E-state index contributed by atoms with van der Waals surface area (Å²) in [7, 11) is 1.60. The van der Waals surface area contributed by atoms with E-state index < -0.39 is 23.6 Å². The summed E-state index contributed by atoms with van der Waals surface area (Å²) in [6, 6.07) is 7.38. The summed E-state index contributed by atoms with van der Waals surface area (Å²) in [6.45, 7) is 3.75. The minimum Gasteiger partial charge on any atom is -0.497 e. The first kappa shape index (κ1) is 26.9. The van der Waals surface area contributed by atoms with Crippen molar-refractivity contribution in [1.82, 2.24) is 9.88 Å². The Labute approximate surface area is 214 Å². The van der Waals surface area contributed by atoms with Crippen molar-refractivity contribution in [2.24, 2.45) is 5.41 Å². The third-order valence-electron chi connectivity index (χ3n) is 7.37. The van der Waals surface area contributed by atoms with Gasteiger partial charge in [-0.2, -0.15) is 0 Å². The number of nitrogens with zero attached hydrogens (tertiary/aromatic N) is 2. The van der Waals surface area contributed by atoms with Crippen LogP contribution in [0.4, 0.5) is 13.2 Å². The first-order chi connectivity index (χ1) is 17.7. The number of rotatable bonds is 7. The van der Waals surface area contributed by atoms with Crippen molar-refractivity contribution in [3.8, 4) is 17.6 Å². The van der Waals surface area contributed by atoms with Gasteiger partial charge < -0.3 is 14.9 Å². The Kier molecular flexibility index (Phi) is 8.38. The Balaban J connectivity index is 1.37. The van der Waals surface area contributed by atoms with Crippen molar-refractivity contribution in [2.45, 2.75) is 38.7 Å². The van der Waals surface area contributed by atoms with Gasteiger partial charge in [0, 0.05) is 23.8 Å². The predicted octanol–water partition coefficient (Wildman–Crippen LogP) is 4.91. The van der Waals surface area contributed by atoms with Gasteiger partial charge in [-0.25, -0.2) is 13.2 Å². The molecule has 0 amide bonds. The predicted molar refractivity (Wildman–Crippen MR) is 136 cm³/mol. The number of aryl methyl sites for hydroxylation is 1. The van der Waals surface area contributed by atoms with Crippen LogP contribution in [0.15, 0.2) is 36.5 Å². The molecule has 0 aliphatic carbocycles. The lowest BCUT2D eigenvalue weighted by Crippen LogP contribution is -2.42. The molecule has 4 rings (SSSR count). The van der Waals surface area contributed by atoms with Crippen LogP contribution in [-0.2, 0) is 0 Å². The van der Waals surface area contributed by atoms with Gasteiger partial charge in [-0.15, -0.1) is 0 Å². The van der Waals surface area contributed by atoms with Crippen molar-refractivity contribution in [3.05, 3.63) is 70.7 Å². The number of piperidine rings is 1. The Morgan fingerprint density at radius 2 is 1.84 bits per heavy atom. The third kappa shape index (κ3) is 6.07. The number of ether oxygens (including phenoxy) is 1. The van der Waals surface area contributed by atoms with Crippen LogP contribution in [0.25, 0.3) is 10.9 Å². The van der Waals surface area contributed by atoms with E-state index in [9.17, 15) is 23.4 Å². The Hall–Kier alpha value is -3.12. The number of methoxy groups -OCH3 is 1. The van der Waals surface area contributed by atoms with E-state index in [2.05, 4.69) is 21.7 Å². The Morgan fingerprint density at radius 1 is 1.14 bits per heavy atom. The van der Waals surface area contributed by atoms with Gasteiger partial charge in [0.05, 0.1) is 25.3 Å². The van der Waals surface area contributed by atoms with Crippen molar-refractivity contribution >= 4 is 10.9 Å². The van der Waals surface area contributed by atoms with Crippen LogP contribution >= 0.6 is 0 Å². The normalized spacial score (nSPS) is 16.3. The summed E-state index contributed by atoms with van der Waals surface area (Å²) in [4.78, 5) is 6.58. The number of aromatic nitrogens is 1. The molecule has 3 aromatic rings. The second kappa shape index (κ2) is 11.5. The monoisotopic (exact) mass is 512 g/mol. The van der Waals surface area contributed by atoms with E-state index in [1.807, 2.05) is 25.1 Å². The van der Waals surface area contributed by atoms with E-state index >= 15 is 0 Å². The van der Waals surface area contributed by atoms with Gasteiger partial charge in [-0.05, 0) is 92.6 Å². The summed E-state index contributed by atoms with van der Waals surface area (Å²) < 4.78 is 45.2. The topological polar surface area (TPSA) is 65.8 Å². The molecule has 1 aliphatic rings. The smallest absolute Gasteiger partial charge is 0.194 e. The van der Waals surface area contributed by atoms with Crippen LogP contribution < -0.4 is 4.74 Å². The van der Waals surface area contributed by atoms with Crippen molar-refractivity contribution in [1.29, 1.82) is 0 Å². The van der Waals surface area contributed by atoms with Crippen LogP contribution in [0.1, 0.15) is 48.5 Å². The fraction of sp³-hybridized carbons (Fsp3) is 0.414. The second-order valence-corrected chi connectivity index (χ2v) is 9.78. The number of hydrogen-bond donors (Lipinski definition) is 2. The molecule has 196 valence electrons. The largest absolute Gasteiger partial charge is 0.497 e. The molecule has 0 bridgehead atoms. The van der Waals surface area contributed by atoms with Crippen molar-refractivity contribution in [2.75, 3.05) is 33.4 Å². The zero-order valence-corrected chi connectivity index (χ0v) is 21.0. The van der Waals surface area contributed by atoms with Crippen LogP contribution in [0.5, 0.6) is 5.75 Å². The molecule has 1 aliphatic heterocycles. The molecule has 1 atom stereocenters. The van der Waals surface area contributed by atoms with E-state index in [1.165, 1.54) is 0 Å². The number of aliphatic hydroxyl groups excluding tert-OH is 2. The molecule has 0 saturated carbocycles. The molecule has 0 radical (unpaired) electrons. The van der Waals surface area contributed by atoms with E-state index in [-0.39, 0.29) is 17.6 Å². The average Bonchev–Trinajstić information content (AvgIpc) is 2.90. The van der Waals surface area contributed by atoms with Crippen LogP contribution in [-0.4, -0.2) is 53.4 Å². The molecule has 37 heavy (non-hydrogen) atoms. The molecule has 2 aromatic carbocycles. The highest BCUT2D eigenvalue weighted by Crippen LogP contribution is 2.39. The minimum absolute atomic E-state index is 0.0251. The molecule has 5 nitrogen and oxygen atoms in total. The lowest BCUT2D eigenvalue weighted by molar-refractivity contribution is 0.0273. The molecular formula is C29H31F3N2O3. The van der Waals surface area contributed by atoms with Gasteiger partial charge >= 0.3 is 0 Å². The summed E-state index contributed by atoms with van der Waals surface area (Å²) in [5, 5.41) is 22.3. The average molecular weight is 513 g/mol. The number of fused-ring (bicyclic) bond motifs is 1. The maximum Gasteiger partial charge on any atom is 0.194 e. The summed E-state index contributed by atoms with van der Waals surface area (Å²) in [5.41, 5.74) is 2.31. The van der Waals surface area contributed by atoms with Gasteiger partial charge in [0.25, 0.3) is 0 Å². The zero-order valence-electron chi connectivity index (χ0n) is 21.0. The van der Waals surface area contributed by atoms with Gasteiger partial charge in [-0.3, -0.25) is 9.88 Å². The highest BCUT2D eigenvalue weighted by Gasteiger charge is 2.34. The number of hydrogen-bond acceptors (Lipinski definition) is 5. The van der Waals surface area contributed by atoms with E-state index in [0.717, 1.165) is 47.0 Å². The molecule has 2 N–H and O–H groups in total. The molecule has 1 fully saturated rings. The standard InChI is InChI=1S/C29H31F3N2O3/c1-19-17-33-25-6-5-21(37-2)16-22(25)27(19)26(36)7-8-29(18-35)9-12-34(13-10-29)11-3-4-20-14-23(30)28(32)24(31)15-20/h5-6,14-17,26,35-36H,7-13,18H2,1-2H3/t26-/m1/s1. The quantitative estimate of drug-likeness (QED) is 0.348. The summed E-state index contributed by atoms with van der Waals surface area (Å²) >= 11 is 0. The lowest BCUT2D eigenvalue weighted by atomic mass is 9.74. The third-order valence-corrected chi connectivity index (χ3v) is 7.37. The van der Waals surface area contributed by atoms with E-state index in [4.69, 9.17) is 4.74 Å². The first-order valence-electron chi connectivity index (χ1n) is 12.3. The number of likely N-dealkylation sites (tertiary alicyclic amines) is 1. The van der Waals surface area contributed by atoms with Crippen molar-refractivity contribution in [3.63, 3.8) is 0 Å². The van der Waals surface area contributed by atoms with Gasteiger partial charge in [-0.1, -0.05) is 11.8 Å². The van der Waals surface area contributed by atoms with Crippen LogP contribution in [0.2, 0.25) is 0 Å². The van der Waals surface area contributed by atoms with Crippen LogP contribution in [0.3, 0.4) is 0 Å². The Morgan fingerprint density at radius 3 is 2.49 bits per heavy atom. The van der Waals surface area contributed by atoms with E-state index in [0.29, 0.717) is 38.2 Å². The number of pyridine rings is 1. The maximum absolute atomic E-state index is 13.4. The van der Waals surface area contributed by atoms with Gasteiger partial charge in [0.1, 0.15) is 5.75 Å². The summed E-state index contributed by atoms with van der Waals surface area (Å²) in [6.07, 6.45) is 3.69. The molecule has 1 saturated heterocycles. The number of aliphatic hydroxyl groups is 2. The number of benzene rings is 2. The minimum atomic E-state index is -1.50. The summed E-state index contributed by atoms with van der Waals surface area (Å²) in [5.74, 6) is 2.27. The van der Waals surface area contributed by atoms with E-state index in [1.54, 1.807) is 13.3 Å². The molecule has 0 spiro atoms. The first-order valence-corrected chi connectivity index (χ1v) is 12.3. The SMILES string of the molecule is COc1ccc2ncc(C)c([C@H](O)CCC3(CO)CCN(CC#Cc4cc(F)c(F)c(F)c4)CC3)c2c1. The molecule has 8 heteroatoms. The van der Waals surface area contributed by atoms with Crippen molar-refractivity contribution < 1.29 is 28.1 Å².